The lowest BCUT2D eigenvalue weighted by atomic mass is 10.0. The van der Waals surface area contributed by atoms with E-state index < -0.39 is 18.0 Å². The number of nitrogen functional groups attached to an aromatic ring is 1. The third-order valence-electron chi connectivity index (χ3n) is 4.98. The Kier molecular flexibility index (Phi) is 5.79. The number of anilines is 1. The highest BCUT2D eigenvalue weighted by molar-refractivity contribution is 6.36. The van der Waals surface area contributed by atoms with E-state index in [0.29, 0.717) is 35.1 Å². The van der Waals surface area contributed by atoms with E-state index in [1.165, 1.54) is 12.1 Å². The number of nitrogens with one attached hydrogen (secondary N) is 1. The van der Waals surface area contributed by atoms with Crippen molar-refractivity contribution in [2.24, 2.45) is 0 Å². The summed E-state index contributed by atoms with van der Waals surface area (Å²) in [6, 6.07) is 6.30. The molecule has 0 fully saturated rings. The van der Waals surface area contributed by atoms with Gasteiger partial charge < -0.3 is 20.9 Å². The van der Waals surface area contributed by atoms with Crippen LogP contribution in [0.25, 0.3) is 11.1 Å². The Bertz CT molecular complexity index is 1110. The van der Waals surface area contributed by atoms with Gasteiger partial charge in [-0.1, -0.05) is 23.2 Å². The van der Waals surface area contributed by atoms with E-state index in [2.05, 4.69) is 15.3 Å². The molecular formula is C21H19Cl2FN4O2. The van der Waals surface area contributed by atoms with Crippen molar-refractivity contribution >= 4 is 29.0 Å². The summed E-state index contributed by atoms with van der Waals surface area (Å²) >= 11 is 12.3. The van der Waals surface area contributed by atoms with E-state index >= 15 is 0 Å². The molecule has 0 amide bonds. The van der Waals surface area contributed by atoms with Gasteiger partial charge in [-0.15, -0.1) is 0 Å². The normalized spacial score (nSPS) is 16.8. The molecule has 9 heteroatoms. The maximum atomic E-state index is 13.9. The first-order chi connectivity index (χ1) is 14.3. The van der Waals surface area contributed by atoms with Crippen molar-refractivity contribution in [2.45, 2.75) is 25.7 Å². The van der Waals surface area contributed by atoms with Crippen LogP contribution in [0, 0.1) is 5.82 Å². The molecule has 0 radical (unpaired) electrons. The van der Waals surface area contributed by atoms with Crippen molar-refractivity contribution in [1.29, 1.82) is 0 Å². The molecule has 6 nitrogen and oxygen atoms in total. The summed E-state index contributed by atoms with van der Waals surface area (Å²) in [6.45, 7) is 2.79. The lowest BCUT2D eigenvalue weighted by Gasteiger charge is -2.22. The number of β-amino-alcohol motifs (C(OH)–C–C–N with tert-alkyl or cyclic N) is 1. The molecule has 1 unspecified atom stereocenters. The summed E-state index contributed by atoms with van der Waals surface area (Å²) in [6.07, 6.45) is 1.99. The number of fused-ring (bicyclic) bond motifs is 1. The maximum Gasteiger partial charge on any atom is 0.166 e. The Balaban J connectivity index is 1.66. The number of ether oxygens (including phenoxy) is 1. The van der Waals surface area contributed by atoms with Gasteiger partial charge in [-0.2, -0.15) is 0 Å². The van der Waals surface area contributed by atoms with Crippen LogP contribution in [0.4, 0.5) is 10.2 Å². The fourth-order valence-electron chi connectivity index (χ4n) is 3.43. The molecule has 0 bridgehead atoms. The van der Waals surface area contributed by atoms with Crippen LogP contribution >= 0.6 is 23.2 Å². The minimum atomic E-state index is -0.666. The second-order valence-corrected chi connectivity index (χ2v) is 7.82. The maximum absolute atomic E-state index is 13.9. The zero-order valence-electron chi connectivity index (χ0n) is 16.0. The van der Waals surface area contributed by atoms with Gasteiger partial charge in [-0.05, 0) is 36.8 Å². The van der Waals surface area contributed by atoms with Crippen molar-refractivity contribution in [3.8, 4) is 16.9 Å². The number of halogens is 3. The van der Waals surface area contributed by atoms with E-state index in [4.69, 9.17) is 33.7 Å². The van der Waals surface area contributed by atoms with Crippen molar-refractivity contribution in [3.05, 3.63) is 69.3 Å². The predicted octanol–water partition coefficient (Wildman–Crippen LogP) is 4.45. The van der Waals surface area contributed by atoms with Crippen LogP contribution in [0.2, 0.25) is 10.0 Å². The molecule has 0 saturated carbocycles. The van der Waals surface area contributed by atoms with Gasteiger partial charge >= 0.3 is 0 Å². The van der Waals surface area contributed by atoms with Crippen LogP contribution in [-0.2, 0) is 6.54 Å². The predicted molar refractivity (Wildman–Crippen MR) is 114 cm³/mol. The summed E-state index contributed by atoms with van der Waals surface area (Å²) in [4.78, 5) is 8.62. The number of pyridine rings is 2. The first kappa shape index (κ1) is 20.8. The van der Waals surface area contributed by atoms with Crippen LogP contribution in [0.1, 0.15) is 36.0 Å². The summed E-state index contributed by atoms with van der Waals surface area (Å²) in [5.41, 5.74) is 9.44. The van der Waals surface area contributed by atoms with Crippen LogP contribution in [0.15, 0.2) is 36.7 Å². The molecule has 4 N–H and O–H groups in total. The highest BCUT2D eigenvalue weighted by Gasteiger charge is 2.22. The van der Waals surface area contributed by atoms with E-state index in [1.54, 1.807) is 25.4 Å². The van der Waals surface area contributed by atoms with Gasteiger partial charge in [0.15, 0.2) is 11.6 Å². The standard InChI is InChI=1S/C21H19Cl2FN4O2/c1-10(18-14(22)2-3-15(24)19(18)23)30-17-5-12(8-28-21(17)25)11-4-13-6-26-9-16(29)20(13)27-7-11/h2-5,7-8,10,16,26,29H,6,9H2,1H3,(H2,25,28)/t10-,16?/m1/s1. The summed E-state index contributed by atoms with van der Waals surface area (Å²) < 4.78 is 19.8. The highest BCUT2D eigenvalue weighted by Crippen LogP contribution is 2.37. The fourth-order valence-corrected chi connectivity index (χ4v) is 4.11. The molecule has 156 valence electrons. The Morgan fingerprint density at radius 1 is 1.23 bits per heavy atom. The molecule has 3 heterocycles. The Hall–Kier alpha value is -2.45. The van der Waals surface area contributed by atoms with Gasteiger partial charge in [-0.25, -0.2) is 9.37 Å². The van der Waals surface area contributed by atoms with Gasteiger partial charge in [0.05, 0.1) is 10.7 Å². The number of rotatable bonds is 4. The molecule has 2 aromatic heterocycles. The number of nitrogens with two attached hydrogens (primary N) is 1. The van der Waals surface area contributed by atoms with Crippen molar-refractivity contribution in [1.82, 2.24) is 15.3 Å². The minimum Gasteiger partial charge on any atom is -0.482 e. The monoisotopic (exact) mass is 448 g/mol. The second-order valence-electron chi connectivity index (χ2n) is 7.04. The molecule has 4 rings (SSSR count). The zero-order chi connectivity index (χ0) is 21.4. The number of aromatic nitrogens is 2. The largest absolute Gasteiger partial charge is 0.482 e. The third kappa shape index (κ3) is 3.94. The first-order valence-corrected chi connectivity index (χ1v) is 10.0. The van der Waals surface area contributed by atoms with Crippen LogP contribution in [0.5, 0.6) is 5.75 Å². The third-order valence-corrected chi connectivity index (χ3v) is 5.69. The molecule has 1 aromatic carbocycles. The molecule has 2 atom stereocenters. The minimum absolute atomic E-state index is 0.0948. The SMILES string of the molecule is C[C@@H](Oc1cc(-c2cnc3c(c2)CNCC3O)cnc1N)c1c(Cl)ccc(F)c1Cl. The van der Waals surface area contributed by atoms with Gasteiger partial charge in [0, 0.05) is 47.2 Å². The van der Waals surface area contributed by atoms with Crippen molar-refractivity contribution in [3.63, 3.8) is 0 Å². The van der Waals surface area contributed by atoms with Crippen LogP contribution in [-0.4, -0.2) is 21.6 Å². The summed E-state index contributed by atoms with van der Waals surface area (Å²) in [7, 11) is 0. The molecular weight excluding hydrogens is 430 g/mol. The Morgan fingerprint density at radius 3 is 2.77 bits per heavy atom. The first-order valence-electron chi connectivity index (χ1n) is 9.28. The van der Waals surface area contributed by atoms with E-state index in [9.17, 15) is 9.50 Å². The van der Waals surface area contributed by atoms with Crippen molar-refractivity contribution < 1.29 is 14.2 Å². The molecule has 1 aliphatic rings. The number of hydrogen-bond donors (Lipinski definition) is 3. The van der Waals surface area contributed by atoms with Gasteiger partial charge in [0.2, 0.25) is 0 Å². The summed E-state index contributed by atoms with van der Waals surface area (Å²) in [5, 5.41) is 13.4. The lowest BCUT2D eigenvalue weighted by molar-refractivity contribution is 0.160. The molecule has 0 aliphatic carbocycles. The van der Waals surface area contributed by atoms with E-state index in [1.807, 2.05) is 6.07 Å². The number of aliphatic hydroxyl groups excluding tert-OH is 1. The average molecular weight is 449 g/mol. The fraction of sp³-hybridized carbons (Fsp3) is 0.238. The molecule has 30 heavy (non-hydrogen) atoms. The van der Waals surface area contributed by atoms with Gasteiger partial charge in [0.25, 0.3) is 0 Å². The van der Waals surface area contributed by atoms with Crippen molar-refractivity contribution in [2.75, 3.05) is 12.3 Å². The average Bonchev–Trinajstić information content (AvgIpc) is 2.72. The summed E-state index contributed by atoms with van der Waals surface area (Å²) in [5.74, 6) is -0.0909. The zero-order valence-corrected chi connectivity index (χ0v) is 17.5. The van der Waals surface area contributed by atoms with Gasteiger partial charge in [0.1, 0.15) is 18.0 Å². The number of aliphatic hydroxyl groups is 1. The highest BCUT2D eigenvalue weighted by atomic mass is 35.5. The number of hydrogen-bond acceptors (Lipinski definition) is 6. The molecule has 1 aliphatic heterocycles. The van der Waals surface area contributed by atoms with Crippen LogP contribution in [0.3, 0.4) is 0 Å². The topological polar surface area (TPSA) is 93.3 Å². The smallest absolute Gasteiger partial charge is 0.166 e. The van der Waals surface area contributed by atoms with E-state index in [-0.39, 0.29) is 10.8 Å². The molecule has 0 spiro atoms. The second kappa shape index (κ2) is 8.35. The van der Waals surface area contributed by atoms with E-state index in [0.717, 1.165) is 16.7 Å². The lowest BCUT2D eigenvalue weighted by Crippen LogP contribution is -2.28. The van der Waals surface area contributed by atoms with Crippen LogP contribution < -0.4 is 15.8 Å². The van der Waals surface area contributed by atoms with Gasteiger partial charge in [-0.3, -0.25) is 4.98 Å². The number of benzene rings is 1. The molecule has 3 aromatic rings. The quantitative estimate of drug-likeness (QED) is 0.510. The molecule has 0 saturated heterocycles. The Labute approximate surface area is 182 Å². The Morgan fingerprint density at radius 2 is 1.97 bits per heavy atom. The number of nitrogens with zero attached hydrogens (tertiary/aromatic N) is 2.